The van der Waals surface area contributed by atoms with E-state index >= 15 is 0 Å². The van der Waals surface area contributed by atoms with E-state index in [-0.39, 0.29) is 19.1 Å². The monoisotopic (exact) mass is 228 g/mol. The Balaban J connectivity index is 3.22. The summed E-state index contributed by atoms with van der Waals surface area (Å²) in [6.07, 6.45) is 0.300. The Bertz CT molecular complexity index is 436. The van der Waals surface area contributed by atoms with Crippen molar-refractivity contribution in [3.63, 3.8) is 0 Å². The van der Waals surface area contributed by atoms with E-state index in [0.717, 1.165) is 0 Å². The Hall–Kier alpha value is -1.40. The van der Waals surface area contributed by atoms with Gasteiger partial charge in [-0.2, -0.15) is 0 Å². The number of nitrogens with one attached hydrogen (secondary N) is 1. The lowest BCUT2D eigenvalue weighted by Gasteiger charge is -2.15. The molecule has 6 nitrogen and oxygen atoms in total. The molecule has 1 aromatic rings. The second kappa shape index (κ2) is 5.09. The summed E-state index contributed by atoms with van der Waals surface area (Å²) >= 11 is 0. The van der Waals surface area contributed by atoms with Crippen LogP contribution in [0.25, 0.3) is 0 Å². The average molecular weight is 228 g/mol. The van der Waals surface area contributed by atoms with E-state index in [2.05, 4.69) is 4.98 Å². The van der Waals surface area contributed by atoms with Gasteiger partial charge in [-0.25, -0.2) is 4.79 Å². The molecule has 6 heteroatoms. The van der Waals surface area contributed by atoms with Crippen LogP contribution in [0.1, 0.15) is 11.3 Å². The van der Waals surface area contributed by atoms with Crippen LogP contribution in [-0.4, -0.2) is 33.0 Å². The minimum Gasteiger partial charge on any atom is -0.396 e. The Morgan fingerprint density at radius 1 is 1.31 bits per heavy atom. The maximum Gasteiger partial charge on any atom is 0.328 e. The van der Waals surface area contributed by atoms with Crippen molar-refractivity contribution in [3.05, 3.63) is 32.1 Å². The zero-order valence-electron chi connectivity index (χ0n) is 9.36. The molecule has 0 bridgehead atoms. The molecule has 0 aliphatic rings. The van der Waals surface area contributed by atoms with Crippen LogP contribution in [-0.2, 0) is 13.5 Å². The zero-order valence-corrected chi connectivity index (χ0v) is 9.36. The van der Waals surface area contributed by atoms with E-state index < -0.39 is 11.2 Å². The van der Waals surface area contributed by atoms with Gasteiger partial charge in [-0.15, -0.1) is 0 Å². The Kier molecular flexibility index (Phi) is 4.03. The van der Waals surface area contributed by atoms with E-state index in [4.69, 9.17) is 10.2 Å². The van der Waals surface area contributed by atoms with Crippen molar-refractivity contribution in [2.24, 2.45) is 13.0 Å². The van der Waals surface area contributed by atoms with Gasteiger partial charge in [-0.05, 0) is 13.3 Å². The van der Waals surface area contributed by atoms with Crippen molar-refractivity contribution < 1.29 is 10.2 Å². The number of rotatable bonds is 4. The summed E-state index contributed by atoms with van der Waals surface area (Å²) in [5.74, 6) is -0.355. The first-order chi connectivity index (χ1) is 7.51. The standard InChI is InChI=1S/C10H16N2O4/c1-6-8(3-7(4-13)5-14)12(2)10(16)11-9(6)15/h7,13-14H,3-5H2,1-2H3,(H,11,15,16). The number of H-pyrrole nitrogens is 1. The van der Waals surface area contributed by atoms with Gasteiger partial charge in [0.25, 0.3) is 5.56 Å². The van der Waals surface area contributed by atoms with E-state index in [0.29, 0.717) is 17.7 Å². The van der Waals surface area contributed by atoms with Crippen molar-refractivity contribution in [3.8, 4) is 0 Å². The molecule has 0 spiro atoms. The second-order valence-corrected chi connectivity index (χ2v) is 3.83. The van der Waals surface area contributed by atoms with Crippen LogP contribution >= 0.6 is 0 Å². The lowest BCUT2D eigenvalue weighted by molar-refractivity contribution is 0.148. The molecule has 0 amide bonds. The highest BCUT2D eigenvalue weighted by Gasteiger charge is 2.14. The smallest absolute Gasteiger partial charge is 0.328 e. The van der Waals surface area contributed by atoms with Crippen LogP contribution in [0.15, 0.2) is 9.59 Å². The Morgan fingerprint density at radius 2 is 1.88 bits per heavy atom. The molecule has 0 fully saturated rings. The highest BCUT2D eigenvalue weighted by atomic mass is 16.3. The fourth-order valence-corrected chi connectivity index (χ4v) is 1.53. The summed E-state index contributed by atoms with van der Waals surface area (Å²) in [6, 6.07) is 0. The third-order valence-electron chi connectivity index (χ3n) is 2.70. The quantitative estimate of drug-likeness (QED) is 0.586. The topological polar surface area (TPSA) is 95.3 Å². The maximum absolute atomic E-state index is 11.4. The molecule has 1 rings (SSSR count). The summed E-state index contributed by atoms with van der Waals surface area (Å²) in [5.41, 5.74) is 0.0730. The van der Waals surface area contributed by atoms with Crippen molar-refractivity contribution in [2.75, 3.05) is 13.2 Å². The highest BCUT2D eigenvalue weighted by molar-refractivity contribution is 5.16. The van der Waals surface area contributed by atoms with Crippen LogP contribution < -0.4 is 11.2 Å². The second-order valence-electron chi connectivity index (χ2n) is 3.83. The molecule has 0 atom stereocenters. The lowest BCUT2D eigenvalue weighted by atomic mass is 10.0. The lowest BCUT2D eigenvalue weighted by Crippen LogP contribution is -2.34. The first-order valence-corrected chi connectivity index (χ1v) is 5.01. The molecule has 0 unspecified atom stereocenters. The SMILES string of the molecule is Cc1c(CC(CO)CO)n(C)c(=O)[nH]c1=O. The molecule has 16 heavy (non-hydrogen) atoms. The number of aromatic amines is 1. The molecule has 0 saturated heterocycles. The van der Waals surface area contributed by atoms with E-state index in [1.165, 1.54) is 4.57 Å². The fraction of sp³-hybridized carbons (Fsp3) is 0.600. The summed E-state index contributed by atoms with van der Waals surface area (Å²) in [7, 11) is 1.55. The third kappa shape index (κ3) is 2.40. The molecule has 90 valence electrons. The summed E-state index contributed by atoms with van der Waals surface area (Å²) in [5, 5.41) is 17.9. The Morgan fingerprint density at radius 3 is 2.38 bits per heavy atom. The average Bonchev–Trinajstić information content (AvgIpc) is 2.27. The molecule has 0 aliphatic carbocycles. The molecule has 0 aromatic carbocycles. The molecule has 3 N–H and O–H groups in total. The van der Waals surface area contributed by atoms with Gasteiger partial charge in [-0.1, -0.05) is 0 Å². The van der Waals surface area contributed by atoms with Gasteiger partial charge in [0.2, 0.25) is 0 Å². The first-order valence-electron chi connectivity index (χ1n) is 5.01. The highest BCUT2D eigenvalue weighted by Crippen LogP contribution is 2.07. The van der Waals surface area contributed by atoms with Gasteiger partial charge >= 0.3 is 5.69 Å². The summed E-state index contributed by atoms with van der Waals surface area (Å²) in [6.45, 7) is 1.24. The predicted molar refractivity (Wildman–Crippen MR) is 58.4 cm³/mol. The van der Waals surface area contributed by atoms with Crippen LogP contribution in [0.4, 0.5) is 0 Å². The third-order valence-corrected chi connectivity index (χ3v) is 2.70. The normalized spacial score (nSPS) is 11.1. The summed E-state index contributed by atoms with van der Waals surface area (Å²) < 4.78 is 1.33. The number of aromatic nitrogens is 2. The van der Waals surface area contributed by atoms with Crippen molar-refractivity contribution in [1.82, 2.24) is 9.55 Å². The number of aliphatic hydroxyl groups excluding tert-OH is 2. The molecule has 0 aliphatic heterocycles. The van der Waals surface area contributed by atoms with E-state index in [1.54, 1.807) is 14.0 Å². The number of aliphatic hydroxyl groups is 2. The van der Waals surface area contributed by atoms with Gasteiger partial charge in [0.15, 0.2) is 0 Å². The molecular formula is C10H16N2O4. The number of hydrogen-bond acceptors (Lipinski definition) is 4. The van der Waals surface area contributed by atoms with Crippen LogP contribution in [0.2, 0.25) is 0 Å². The first kappa shape index (κ1) is 12.7. The fourth-order valence-electron chi connectivity index (χ4n) is 1.53. The van der Waals surface area contributed by atoms with Crippen LogP contribution in [0, 0.1) is 12.8 Å². The Labute approximate surface area is 92.2 Å². The minimum atomic E-state index is -0.486. The van der Waals surface area contributed by atoms with Crippen molar-refractivity contribution >= 4 is 0 Å². The predicted octanol–water partition coefficient (Wildman–Crippen LogP) is -1.47. The van der Waals surface area contributed by atoms with Gasteiger partial charge < -0.3 is 14.8 Å². The summed E-state index contributed by atoms with van der Waals surface area (Å²) in [4.78, 5) is 24.9. The van der Waals surface area contributed by atoms with Gasteiger partial charge in [0.05, 0.1) is 0 Å². The van der Waals surface area contributed by atoms with Gasteiger partial charge in [0, 0.05) is 37.4 Å². The van der Waals surface area contributed by atoms with E-state index in [1.807, 2.05) is 0 Å². The van der Waals surface area contributed by atoms with Gasteiger partial charge in [-0.3, -0.25) is 9.78 Å². The van der Waals surface area contributed by atoms with Crippen LogP contribution in [0.3, 0.4) is 0 Å². The molecule has 1 aromatic heterocycles. The molecular weight excluding hydrogens is 212 g/mol. The number of nitrogens with zero attached hydrogens (tertiary/aromatic N) is 1. The van der Waals surface area contributed by atoms with Crippen molar-refractivity contribution in [1.29, 1.82) is 0 Å². The van der Waals surface area contributed by atoms with Crippen molar-refractivity contribution in [2.45, 2.75) is 13.3 Å². The molecule has 1 heterocycles. The van der Waals surface area contributed by atoms with E-state index in [9.17, 15) is 9.59 Å². The number of hydrogen-bond donors (Lipinski definition) is 3. The maximum atomic E-state index is 11.4. The van der Waals surface area contributed by atoms with Crippen LogP contribution in [0.5, 0.6) is 0 Å². The molecule has 0 radical (unpaired) electrons. The van der Waals surface area contributed by atoms with Gasteiger partial charge in [0.1, 0.15) is 0 Å². The zero-order chi connectivity index (χ0) is 12.3. The largest absolute Gasteiger partial charge is 0.396 e. The molecule has 0 saturated carbocycles. The minimum absolute atomic E-state index is 0.184.